The Balaban J connectivity index is 1.75. The molecule has 258 valence electrons. The van der Waals surface area contributed by atoms with Crippen LogP contribution in [0, 0.1) is 17.8 Å². The molecule has 3 aromatic carbocycles. The third kappa shape index (κ3) is 11.9. The lowest BCUT2D eigenvalue weighted by atomic mass is 10.0. The highest BCUT2D eigenvalue weighted by molar-refractivity contribution is 5.77. The van der Waals surface area contributed by atoms with Gasteiger partial charge >= 0.3 is 0 Å². The summed E-state index contributed by atoms with van der Waals surface area (Å²) in [6.07, 6.45) is 4.05. The molecule has 48 heavy (non-hydrogen) atoms. The smallest absolute Gasteiger partial charge is 0.223 e. The molecule has 0 aromatic heterocycles. The average molecular weight is 652 g/mol. The molecule has 6 heteroatoms. The summed E-state index contributed by atoms with van der Waals surface area (Å²) in [5.41, 5.74) is 6.34. The molecule has 3 aromatic rings. The third-order valence-electron chi connectivity index (χ3n) is 9.08. The van der Waals surface area contributed by atoms with E-state index in [4.69, 9.17) is 0 Å². The molecule has 1 aliphatic heterocycles. The Bertz CT molecular complexity index is 1270. The highest BCUT2D eigenvalue weighted by Crippen LogP contribution is 2.22. The van der Waals surface area contributed by atoms with Gasteiger partial charge in [-0.2, -0.15) is 0 Å². The highest BCUT2D eigenvalue weighted by Gasteiger charge is 2.21. The van der Waals surface area contributed by atoms with Crippen LogP contribution in [0.25, 0.3) is 0 Å². The zero-order chi connectivity index (χ0) is 34.6. The van der Waals surface area contributed by atoms with E-state index in [0.29, 0.717) is 76.3 Å². The van der Waals surface area contributed by atoms with E-state index in [1.165, 1.54) is 0 Å². The van der Waals surface area contributed by atoms with Crippen LogP contribution in [-0.2, 0) is 53.7 Å². The summed E-state index contributed by atoms with van der Waals surface area (Å²) in [5, 5.41) is 0. The van der Waals surface area contributed by atoms with Crippen LogP contribution in [0.4, 0.5) is 0 Å². The van der Waals surface area contributed by atoms with E-state index < -0.39 is 0 Å². The van der Waals surface area contributed by atoms with Crippen LogP contribution in [0.15, 0.2) is 72.8 Å². The predicted octanol–water partition coefficient (Wildman–Crippen LogP) is 8.90. The van der Waals surface area contributed by atoms with Gasteiger partial charge in [-0.05, 0) is 70.4 Å². The van der Waals surface area contributed by atoms with E-state index in [-0.39, 0.29) is 17.7 Å². The number of benzene rings is 3. The maximum absolute atomic E-state index is 13.7. The topological polar surface area (TPSA) is 60.9 Å². The van der Waals surface area contributed by atoms with Gasteiger partial charge in [-0.15, -0.1) is 0 Å². The Labute approximate surface area is 289 Å². The van der Waals surface area contributed by atoms with Gasteiger partial charge in [-0.3, -0.25) is 14.4 Å². The lowest BCUT2D eigenvalue weighted by molar-refractivity contribution is -0.133. The normalized spacial score (nSPS) is 14.3. The van der Waals surface area contributed by atoms with Gasteiger partial charge in [0.05, 0.1) is 0 Å². The van der Waals surface area contributed by atoms with Crippen LogP contribution in [0.3, 0.4) is 0 Å². The van der Waals surface area contributed by atoms with Gasteiger partial charge in [0.1, 0.15) is 0 Å². The van der Waals surface area contributed by atoms with Crippen LogP contribution < -0.4 is 0 Å². The molecule has 0 saturated heterocycles. The maximum Gasteiger partial charge on any atom is 0.223 e. The summed E-state index contributed by atoms with van der Waals surface area (Å²) in [7, 11) is 0. The van der Waals surface area contributed by atoms with Crippen molar-refractivity contribution in [2.75, 3.05) is 0 Å². The second kappa shape index (κ2) is 18.0. The lowest BCUT2D eigenvalue weighted by Crippen LogP contribution is -2.32. The van der Waals surface area contributed by atoms with Crippen molar-refractivity contribution in [1.82, 2.24) is 14.7 Å². The first-order valence-corrected chi connectivity index (χ1v) is 18.0. The lowest BCUT2D eigenvalue weighted by Gasteiger charge is -2.27. The number of carbonyl (C=O) groups excluding carboxylic acids is 3. The van der Waals surface area contributed by atoms with E-state index in [1.807, 2.05) is 32.9 Å². The second-order valence-corrected chi connectivity index (χ2v) is 15.0. The molecule has 0 atom stereocenters. The van der Waals surface area contributed by atoms with Crippen LogP contribution in [0.5, 0.6) is 0 Å². The maximum atomic E-state index is 13.7. The Hall–Kier alpha value is -3.93. The first kappa shape index (κ1) is 36.9. The number of fused-ring (bicyclic) bond motifs is 6. The van der Waals surface area contributed by atoms with Crippen molar-refractivity contribution < 1.29 is 14.4 Å². The summed E-state index contributed by atoms with van der Waals surface area (Å²) in [4.78, 5) is 46.9. The van der Waals surface area contributed by atoms with Crippen molar-refractivity contribution in [2.45, 2.75) is 119 Å². The Morgan fingerprint density at radius 2 is 0.646 bits per heavy atom. The molecule has 1 aliphatic rings. The molecule has 0 spiro atoms. The average Bonchev–Trinajstić information content (AvgIpc) is 3.04. The van der Waals surface area contributed by atoms with Crippen LogP contribution >= 0.6 is 0 Å². The summed E-state index contributed by atoms with van der Waals surface area (Å²) < 4.78 is 0. The van der Waals surface area contributed by atoms with Gasteiger partial charge in [0.25, 0.3) is 0 Å². The highest BCUT2D eigenvalue weighted by atomic mass is 16.2. The van der Waals surface area contributed by atoms with E-state index in [2.05, 4.69) is 96.1 Å². The summed E-state index contributed by atoms with van der Waals surface area (Å²) in [5.74, 6) is 1.76. The molecule has 0 saturated carbocycles. The molecule has 0 aliphatic carbocycles. The molecule has 1 heterocycles. The molecule has 0 unspecified atom stereocenters. The number of rotatable bonds is 9. The van der Waals surface area contributed by atoms with Crippen LogP contribution in [0.2, 0.25) is 0 Å². The molecule has 3 amide bonds. The Kier molecular flexibility index (Phi) is 13.8. The zero-order valence-electron chi connectivity index (χ0n) is 30.2. The number of nitrogens with zero attached hydrogens (tertiary/aromatic N) is 3. The van der Waals surface area contributed by atoms with Gasteiger partial charge in [-0.25, -0.2) is 0 Å². The van der Waals surface area contributed by atoms with Gasteiger partial charge in [0.2, 0.25) is 17.7 Å². The minimum absolute atomic E-state index is 0.142. The fourth-order valence-electron chi connectivity index (χ4n) is 6.21. The van der Waals surface area contributed by atoms with Gasteiger partial charge in [-0.1, -0.05) is 114 Å². The van der Waals surface area contributed by atoms with Crippen molar-refractivity contribution in [3.8, 4) is 0 Å². The minimum atomic E-state index is 0.142. The summed E-state index contributed by atoms with van der Waals surface area (Å²) in [6, 6.07) is 25.1. The number of hydrogen-bond donors (Lipinski definition) is 0. The van der Waals surface area contributed by atoms with Crippen LogP contribution in [0.1, 0.15) is 113 Å². The molecule has 0 radical (unpaired) electrons. The first-order valence-electron chi connectivity index (χ1n) is 18.0. The monoisotopic (exact) mass is 651 g/mol. The van der Waals surface area contributed by atoms with Crippen molar-refractivity contribution in [2.24, 2.45) is 17.8 Å². The minimum Gasteiger partial charge on any atom is -0.334 e. The van der Waals surface area contributed by atoms with Gasteiger partial charge in [0, 0.05) is 58.5 Å². The van der Waals surface area contributed by atoms with E-state index in [1.54, 1.807) is 0 Å². The van der Waals surface area contributed by atoms with Crippen molar-refractivity contribution >= 4 is 17.7 Å². The molecular weight excluding hydrogens is 594 g/mol. The van der Waals surface area contributed by atoms with E-state index >= 15 is 0 Å². The van der Waals surface area contributed by atoms with Crippen molar-refractivity contribution in [3.63, 3.8) is 0 Å². The number of carbonyl (C=O) groups is 3. The van der Waals surface area contributed by atoms with Crippen LogP contribution in [-0.4, -0.2) is 32.4 Å². The first-order chi connectivity index (χ1) is 22.9. The number of amides is 3. The molecule has 0 N–H and O–H groups in total. The fourth-order valence-corrected chi connectivity index (χ4v) is 6.21. The predicted molar refractivity (Wildman–Crippen MR) is 194 cm³/mol. The SMILES string of the molecule is CC(C)CCC(=O)N1Cc2cccc(c2)CN(C(=O)CCC(C)C)Cc2cccc(c2)CN(C(=O)CCC(C)C)Cc2cccc(c2)C1. The van der Waals surface area contributed by atoms with E-state index in [0.717, 1.165) is 52.6 Å². The molecule has 6 bridgehead atoms. The Morgan fingerprint density at radius 1 is 0.438 bits per heavy atom. The molecule has 6 nitrogen and oxygen atoms in total. The van der Waals surface area contributed by atoms with Crippen molar-refractivity contribution in [1.29, 1.82) is 0 Å². The molecular formula is C42H57N3O3. The van der Waals surface area contributed by atoms with E-state index in [9.17, 15) is 14.4 Å². The van der Waals surface area contributed by atoms with Gasteiger partial charge in [0.15, 0.2) is 0 Å². The summed E-state index contributed by atoms with van der Waals surface area (Å²) in [6.45, 7) is 15.9. The quantitative estimate of drug-likeness (QED) is 0.232. The molecule has 0 fully saturated rings. The van der Waals surface area contributed by atoms with Crippen molar-refractivity contribution in [3.05, 3.63) is 106 Å². The standard InChI is InChI=1S/C42H57N3O3/c1-31(2)16-19-40(46)43-25-34-10-7-12-36(22-34)27-44(41(47)20-17-32(3)4)29-38-14-9-15-39(24-38)30-45(42(48)21-18-33(5)6)28-37-13-8-11-35(23-37)26-43/h7-15,22-24,31-33H,16-21,25-30H2,1-6H3. The summed E-state index contributed by atoms with van der Waals surface area (Å²) >= 11 is 0. The second-order valence-electron chi connectivity index (χ2n) is 15.0. The third-order valence-corrected chi connectivity index (χ3v) is 9.08. The molecule has 4 rings (SSSR count). The largest absolute Gasteiger partial charge is 0.334 e. The zero-order valence-corrected chi connectivity index (χ0v) is 30.2. The van der Waals surface area contributed by atoms with Gasteiger partial charge < -0.3 is 14.7 Å². The Morgan fingerprint density at radius 3 is 0.833 bits per heavy atom. The number of hydrogen-bond acceptors (Lipinski definition) is 3. The fraction of sp³-hybridized carbons (Fsp3) is 0.500.